The monoisotopic (exact) mass is 1400 g/mol. The van der Waals surface area contributed by atoms with Crippen LogP contribution in [0.25, 0.3) is 11.0 Å². The van der Waals surface area contributed by atoms with Crippen LogP contribution in [0.15, 0.2) is 42.5 Å². The first-order chi connectivity index (χ1) is 47.3. The zero-order valence-corrected chi connectivity index (χ0v) is 57.7. The number of esters is 1. The maximum atomic E-state index is 14.6. The first kappa shape index (κ1) is 82.6. The fourth-order valence-corrected chi connectivity index (χ4v) is 11.5. The lowest BCUT2D eigenvalue weighted by molar-refractivity contribution is -0.144. The molecular weight excluding hydrogens is 1290 g/mol. The van der Waals surface area contributed by atoms with Gasteiger partial charge >= 0.3 is 5.97 Å². The topological polar surface area (TPSA) is 468 Å². The van der Waals surface area contributed by atoms with E-state index in [2.05, 4.69) is 77.3 Å². The number of nitrogens with zero attached hydrogens (tertiary/aromatic N) is 7. The summed E-state index contributed by atoms with van der Waals surface area (Å²) in [5, 5.41) is 116. The molecule has 556 valence electrons. The van der Waals surface area contributed by atoms with Gasteiger partial charge in [-0.05, 0) is 81.2 Å². The summed E-state index contributed by atoms with van der Waals surface area (Å²) >= 11 is 0. The summed E-state index contributed by atoms with van der Waals surface area (Å²) in [6.45, 7) is 11.6. The Bertz CT molecular complexity index is 2970. The molecule has 5 rings (SSSR count). The number of carbonyl (C=O) groups excluding carboxylic acids is 8. The number of para-hydroxylation sites is 2. The molecule has 2 aromatic carbocycles. The standard InChI is InChI=1S/C66H108N14O19/c1-6-76-25-27-77(7-2)29-31-79(32-30-78(8-3)28-26-76)39-57(89)73-48(20-22-56(88)69-36-51(84)60(92)62(94)53(86)41-82)64(96)74-47(19-21-55(87)68-35-50(83)59(91)61(93)52(85)40-81)63(95)67-23-13-9-10-14-24-80-37-43-33-42(17-18-44(43)70-49(66(80)98)34-58(90)99-5)65(97)75(4)38-54-71-45-15-11-12-16-46(45)72-54/h11-12,15-18,33,47-53,59-62,70,81-86,91-94H,6-10,13-14,19-32,34-41H2,1-5H3,(H,67,95)(H,68,87)(H,69,88)(H,71,72)(H,73,89)(H,74,96)/t47-,48-,49?,50?,51?,52-,53-,59?,60?,61+,62+/m0/s1. The van der Waals surface area contributed by atoms with E-state index < -0.39 is 142 Å². The summed E-state index contributed by atoms with van der Waals surface area (Å²) in [6.07, 6.45) is -15.2. The van der Waals surface area contributed by atoms with Gasteiger partial charge in [0.05, 0.1) is 63.1 Å². The SMILES string of the molecule is CCN1CCN(CC)CCN(CC(=O)N[C@@H](CCC(=O)NCC(O)C(O)[C@H](O)[C@@H](O)CO)C(=O)N[C@@H](CCC(=O)NCC(O)C(O)[C@H](O)[C@@H](O)CO)C(=O)NCCCCCCN2Cc3cc(C(=O)N(C)Cc4nc5ccccc5[nH]4)ccc3NC(CC(=O)OC)C2=O)CCN(CC)CC1. The van der Waals surface area contributed by atoms with Crippen molar-refractivity contribution < 1.29 is 94.2 Å². The van der Waals surface area contributed by atoms with Crippen LogP contribution in [0.1, 0.15) is 100 Å². The highest BCUT2D eigenvalue weighted by molar-refractivity contribution is 5.96. The van der Waals surface area contributed by atoms with Gasteiger partial charge < -0.3 is 117 Å². The minimum atomic E-state index is -2.00. The predicted molar refractivity (Wildman–Crippen MR) is 363 cm³/mol. The second-order valence-corrected chi connectivity index (χ2v) is 25.2. The molecule has 0 radical (unpaired) electrons. The molecular formula is C66H108N14O19. The molecule has 0 spiro atoms. The summed E-state index contributed by atoms with van der Waals surface area (Å²) in [5.74, 6) is -4.51. The number of benzene rings is 2. The number of aliphatic hydroxyl groups excluding tert-OH is 10. The largest absolute Gasteiger partial charge is 0.469 e. The number of fused-ring (bicyclic) bond motifs is 2. The lowest BCUT2D eigenvalue weighted by Gasteiger charge is -2.33. The number of aromatic nitrogens is 2. The van der Waals surface area contributed by atoms with Gasteiger partial charge in [-0.3, -0.25) is 43.3 Å². The van der Waals surface area contributed by atoms with Crippen molar-refractivity contribution in [3.63, 3.8) is 0 Å². The van der Waals surface area contributed by atoms with E-state index in [1.54, 1.807) is 30.1 Å². The van der Waals surface area contributed by atoms with Gasteiger partial charge in [-0.15, -0.1) is 0 Å². The predicted octanol–water partition coefficient (Wildman–Crippen LogP) is -4.89. The highest BCUT2D eigenvalue weighted by atomic mass is 16.5. The number of unbranched alkanes of at least 4 members (excludes halogenated alkanes) is 3. The molecule has 0 aliphatic carbocycles. The van der Waals surface area contributed by atoms with E-state index in [1.807, 2.05) is 29.2 Å². The molecule has 17 N–H and O–H groups in total. The van der Waals surface area contributed by atoms with Crippen molar-refractivity contribution in [1.29, 1.82) is 0 Å². The Kier molecular flexibility index (Phi) is 35.8. The third kappa shape index (κ3) is 27.1. The molecule has 99 heavy (non-hydrogen) atoms. The van der Waals surface area contributed by atoms with Crippen molar-refractivity contribution >= 4 is 64.0 Å². The Morgan fingerprint density at radius 1 is 0.636 bits per heavy atom. The molecule has 33 heteroatoms. The zero-order chi connectivity index (χ0) is 72.7. The molecule has 7 amide bonds. The van der Waals surface area contributed by atoms with E-state index in [9.17, 15) is 89.4 Å². The van der Waals surface area contributed by atoms with E-state index >= 15 is 0 Å². The summed E-state index contributed by atoms with van der Waals surface area (Å²) in [7, 11) is 2.89. The number of rotatable bonds is 39. The lowest BCUT2D eigenvalue weighted by atomic mass is 10.0. The number of aliphatic hydroxyl groups is 10. The van der Waals surface area contributed by atoms with Crippen LogP contribution in [0, 0.1) is 0 Å². The minimum Gasteiger partial charge on any atom is -0.469 e. The van der Waals surface area contributed by atoms with Crippen molar-refractivity contribution in [3.8, 4) is 0 Å². The number of nitrogens with one attached hydrogen (secondary N) is 7. The van der Waals surface area contributed by atoms with Crippen molar-refractivity contribution in [1.82, 2.24) is 66.0 Å². The fourth-order valence-electron chi connectivity index (χ4n) is 11.5. The molecule has 33 nitrogen and oxygen atoms in total. The number of methoxy groups -OCH3 is 1. The number of carbonyl (C=O) groups is 8. The highest BCUT2D eigenvalue weighted by Crippen LogP contribution is 2.27. The number of hydrogen-bond acceptors (Lipinski definition) is 25. The second kappa shape index (κ2) is 42.9. The quantitative estimate of drug-likeness (QED) is 0.0188. The van der Waals surface area contributed by atoms with Gasteiger partial charge in [-0.25, -0.2) is 4.98 Å². The van der Waals surface area contributed by atoms with Crippen LogP contribution in [0.4, 0.5) is 5.69 Å². The van der Waals surface area contributed by atoms with E-state index in [0.717, 1.165) is 56.8 Å². The van der Waals surface area contributed by atoms with Gasteiger partial charge in [-0.2, -0.15) is 0 Å². The molecule has 0 saturated carbocycles. The Labute approximate surface area is 577 Å². The van der Waals surface area contributed by atoms with E-state index in [4.69, 9.17) is 4.74 Å². The first-order valence-electron chi connectivity index (χ1n) is 34.2. The Balaban J connectivity index is 1.29. The van der Waals surface area contributed by atoms with Crippen molar-refractivity contribution in [2.45, 2.75) is 159 Å². The van der Waals surface area contributed by atoms with Gasteiger partial charge in [0.2, 0.25) is 35.4 Å². The van der Waals surface area contributed by atoms with E-state index in [0.29, 0.717) is 74.5 Å². The molecule has 3 aromatic rings. The van der Waals surface area contributed by atoms with Gasteiger partial charge in [0.15, 0.2) is 0 Å². The van der Waals surface area contributed by atoms with Crippen LogP contribution in [0.2, 0.25) is 0 Å². The third-order valence-corrected chi connectivity index (χ3v) is 18.0. The Morgan fingerprint density at radius 2 is 1.15 bits per heavy atom. The number of likely N-dealkylation sites (N-methyl/N-ethyl adjacent to an activating group) is 3. The van der Waals surface area contributed by atoms with Crippen LogP contribution in [0.5, 0.6) is 0 Å². The van der Waals surface area contributed by atoms with Crippen LogP contribution >= 0.6 is 0 Å². The number of aromatic amines is 1. The minimum absolute atomic E-state index is 0.0563. The Hall–Kier alpha value is -7.09. The van der Waals surface area contributed by atoms with E-state index in [-0.39, 0.29) is 63.8 Å². The van der Waals surface area contributed by atoms with Crippen molar-refractivity contribution in [2.75, 3.05) is 137 Å². The first-order valence-corrected chi connectivity index (χ1v) is 34.2. The summed E-state index contributed by atoms with van der Waals surface area (Å²) < 4.78 is 4.92. The smallest absolute Gasteiger partial charge is 0.308 e. The average Bonchev–Trinajstić information content (AvgIpc) is 1.69. The van der Waals surface area contributed by atoms with Crippen LogP contribution in [-0.4, -0.2) is 337 Å². The average molecular weight is 1400 g/mol. The van der Waals surface area contributed by atoms with Crippen LogP contribution < -0.4 is 31.9 Å². The molecule has 1 aromatic heterocycles. The maximum Gasteiger partial charge on any atom is 0.308 e. The number of hydrogen-bond donors (Lipinski definition) is 17. The number of amides is 7. The molecule has 2 aliphatic rings. The third-order valence-electron chi connectivity index (χ3n) is 18.0. The highest BCUT2D eigenvalue weighted by Gasteiger charge is 2.35. The Morgan fingerprint density at radius 3 is 1.68 bits per heavy atom. The molecule has 3 heterocycles. The maximum absolute atomic E-state index is 14.6. The fraction of sp³-hybridized carbons (Fsp3) is 0.682. The molecule has 11 atom stereocenters. The zero-order valence-electron chi connectivity index (χ0n) is 57.7. The summed E-state index contributed by atoms with van der Waals surface area (Å²) in [5.41, 5.74) is 3.18. The molecule has 5 unspecified atom stereocenters. The number of H-pyrrole nitrogens is 1. The second-order valence-electron chi connectivity index (χ2n) is 25.2. The summed E-state index contributed by atoms with van der Waals surface area (Å²) in [4.78, 5) is 130. The van der Waals surface area contributed by atoms with Crippen molar-refractivity contribution in [2.24, 2.45) is 0 Å². The van der Waals surface area contributed by atoms with Gasteiger partial charge in [0.1, 0.15) is 60.6 Å². The molecule has 1 saturated heterocycles. The van der Waals surface area contributed by atoms with Gasteiger partial charge in [0, 0.05) is 116 Å². The molecule has 2 aliphatic heterocycles. The number of ether oxygens (including phenoxy) is 1. The van der Waals surface area contributed by atoms with Crippen molar-refractivity contribution in [3.05, 3.63) is 59.4 Å². The van der Waals surface area contributed by atoms with E-state index in [1.165, 1.54) is 12.0 Å². The normalized spacial score (nSPS) is 18.6. The number of anilines is 1. The number of imidazole rings is 1. The molecule has 0 bridgehead atoms. The lowest BCUT2D eigenvalue weighted by Crippen LogP contribution is -2.55. The molecule has 1 fully saturated rings. The van der Waals surface area contributed by atoms with Gasteiger partial charge in [0.25, 0.3) is 5.91 Å². The van der Waals surface area contributed by atoms with Gasteiger partial charge in [-0.1, -0.05) is 45.7 Å². The summed E-state index contributed by atoms with van der Waals surface area (Å²) in [6, 6.07) is 8.62. The van der Waals surface area contributed by atoms with Crippen LogP contribution in [0.3, 0.4) is 0 Å². The van der Waals surface area contributed by atoms with Crippen LogP contribution in [-0.2, 0) is 51.4 Å².